The number of nitrogens with zero attached hydrogens (tertiary/aromatic N) is 3. The third-order valence-corrected chi connectivity index (χ3v) is 3.66. The maximum absolute atomic E-state index is 9.23. The van der Waals surface area contributed by atoms with E-state index >= 15 is 0 Å². The molecule has 2 aromatic rings. The molecule has 5 nitrogen and oxygen atoms in total. The molecule has 1 atom stereocenters. The van der Waals surface area contributed by atoms with Gasteiger partial charge in [0.1, 0.15) is 11.7 Å². The van der Waals surface area contributed by atoms with Gasteiger partial charge in [0.15, 0.2) is 0 Å². The number of nitrogens with two attached hydrogens (primary N) is 1. The number of pyridine rings is 1. The molecule has 0 fully saturated rings. The molecule has 0 spiro atoms. The molecule has 0 aromatic carbocycles. The molecule has 0 radical (unpaired) electrons. The smallest absolute Gasteiger partial charge is 0.137 e. The Bertz CT molecular complexity index is 610. The van der Waals surface area contributed by atoms with Gasteiger partial charge in [-0.2, -0.15) is 0 Å². The molecule has 0 amide bonds. The van der Waals surface area contributed by atoms with E-state index < -0.39 is 0 Å². The van der Waals surface area contributed by atoms with Crippen LogP contribution >= 0.6 is 12.2 Å². The largest absolute Gasteiger partial charge is 0.395 e. The number of hydrogen-bond acceptors (Lipinski definition) is 4. The topological polar surface area (TPSA) is 66.8 Å². The Hall–Kier alpha value is -1.50. The number of imidazole rings is 1. The van der Waals surface area contributed by atoms with Gasteiger partial charge in [0, 0.05) is 12.7 Å². The van der Waals surface area contributed by atoms with Crippen LogP contribution in [0.4, 0.5) is 0 Å². The molecule has 2 aromatic heterocycles. The number of likely N-dealkylation sites (N-methyl/N-ethyl adjacent to an activating group) is 1. The first-order valence-corrected chi connectivity index (χ1v) is 7.08. The van der Waals surface area contributed by atoms with Crippen molar-refractivity contribution in [2.75, 3.05) is 19.7 Å². The number of hydrogen-bond donors (Lipinski definition) is 2. The molecule has 1 unspecified atom stereocenters. The molecule has 108 valence electrons. The molecule has 0 aliphatic heterocycles. The van der Waals surface area contributed by atoms with Crippen molar-refractivity contribution in [1.29, 1.82) is 0 Å². The normalized spacial score (nSPS) is 13.0. The molecule has 0 aliphatic carbocycles. The van der Waals surface area contributed by atoms with Gasteiger partial charge in [-0.05, 0) is 25.6 Å². The van der Waals surface area contributed by atoms with Crippen molar-refractivity contribution in [2.24, 2.45) is 5.73 Å². The van der Waals surface area contributed by atoms with E-state index in [1.54, 1.807) is 0 Å². The number of rotatable bonds is 6. The number of thiocarbonyl (C=S) groups is 1. The van der Waals surface area contributed by atoms with Crippen molar-refractivity contribution < 1.29 is 5.11 Å². The highest BCUT2D eigenvalue weighted by molar-refractivity contribution is 7.80. The van der Waals surface area contributed by atoms with Crippen LogP contribution in [0.15, 0.2) is 24.4 Å². The van der Waals surface area contributed by atoms with Gasteiger partial charge in [-0.25, -0.2) is 4.98 Å². The second kappa shape index (κ2) is 6.30. The fourth-order valence-electron chi connectivity index (χ4n) is 2.55. The van der Waals surface area contributed by atoms with Gasteiger partial charge in [-0.1, -0.05) is 25.2 Å². The number of aromatic nitrogens is 2. The predicted octanol–water partition coefficient (Wildman–Crippen LogP) is 1.28. The first-order chi connectivity index (χ1) is 9.60. The summed E-state index contributed by atoms with van der Waals surface area (Å²) < 4.78 is 2.01. The van der Waals surface area contributed by atoms with Crippen LogP contribution in [-0.4, -0.2) is 44.1 Å². The number of aliphatic hydroxyl groups is 1. The average molecular weight is 292 g/mol. The summed E-state index contributed by atoms with van der Waals surface area (Å²) in [7, 11) is 0. The monoisotopic (exact) mass is 292 g/mol. The minimum Gasteiger partial charge on any atom is -0.395 e. The minimum absolute atomic E-state index is 0.0722. The van der Waals surface area contributed by atoms with Crippen molar-refractivity contribution in [2.45, 2.75) is 19.9 Å². The summed E-state index contributed by atoms with van der Waals surface area (Å²) in [5.41, 5.74) is 8.72. The van der Waals surface area contributed by atoms with E-state index in [2.05, 4.69) is 9.88 Å². The maximum Gasteiger partial charge on any atom is 0.137 e. The van der Waals surface area contributed by atoms with Crippen molar-refractivity contribution >= 4 is 22.9 Å². The average Bonchev–Trinajstić information content (AvgIpc) is 2.74. The zero-order valence-corrected chi connectivity index (χ0v) is 12.6. The highest BCUT2D eigenvalue weighted by atomic mass is 32.1. The highest BCUT2D eigenvalue weighted by Gasteiger charge is 2.27. The van der Waals surface area contributed by atoms with Crippen LogP contribution in [0.3, 0.4) is 0 Å². The third-order valence-electron chi connectivity index (χ3n) is 3.44. The van der Waals surface area contributed by atoms with Gasteiger partial charge < -0.3 is 15.2 Å². The first-order valence-electron chi connectivity index (χ1n) is 6.68. The second-order valence-electron chi connectivity index (χ2n) is 4.67. The van der Waals surface area contributed by atoms with Gasteiger partial charge >= 0.3 is 0 Å². The fraction of sp³-hybridized carbons (Fsp3) is 0.429. The van der Waals surface area contributed by atoms with E-state index in [0.29, 0.717) is 11.5 Å². The summed E-state index contributed by atoms with van der Waals surface area (Å²) in [6, 6.07) is 5.64. The molecule has 0 aliphatic rings. The summed E-state index contributed by atoms with van der Waals surface area (Å²) in [5, 5.41) is 9.23. The van der Waals surface area contributed by atoms with Crippen LogP contribution in [0.5, 0.6) is 0 Å². The van der Waals surface area contributed by atoms with Crippen LogP contribution in [0.25, 0.3) is 5.65 Å². The molecule has 3 N–H and O–H groups in total. The SMILES string of the molecule is CCN(CCO)C(C(N)=S)c1c(C)nc2ccccn12. The van der Waals surface area contributed by atoms with Crippen molar-refractivity contribution in [3.8, 4) is 0 Å². The van der Waals surface area contributed by atoms with Gasteiger partial charge in [0.25, 0.3) is 0 Å². The molecular formula is C14H20N4OS. The van der Waals surface area contributed by atoms with Crippen molar-refractivity contribution in [3.63, 3.8) is 0 Å². The summed E-state index contributed by atoms with van der Waals surface area (Å²) >= 11 is 5.26. The molecule has 20 heavy (non-hydrogen) atoms. The molecule has 2 heterocycles. The van der Waals surface area contributed by atoms with E-state index in [0.717, 1.165) is 23.6 Å². The van der Waals surface area contributed by atoms with E-state index in [1.807, 2.05) is 42.6 Å². The summed E-state index contributed by atoms with van der Waals surface area (Å²) in [6.07, 6.45) is 1.96. The Balaban J connectivity index is 2.57. The van der Waals surface area contributed by atoms with E-state index in [4.69, 9.17) is 18.0 Å². The van der Waals surface area contributed by atoms with Crippen molar-refractivity contribution in [1.82, 2.24) is 14.3 Å². The summed E-state index contributed by atoms with van der Waals surface area (Å²) in [5.74, 6) is 0. The van der Waals surface area contributed by atoms with E-state index in [9.17, 15) is 5.11 Å². The van der Waals surface area contributed by atoms with Crippen LogP contribution in [-0.2, 0) is 0 Å². The van der Waals surface area contributed by atoms with Crippen LogP contribution in [0, 0.1) is 6.92 Å². The van der Waals surface area contributed by atoms with Crippen LogP contribution < -0.4 is 5.73 Å². The van der Waals surface area contributed by atoms with E-state index in [-0.39, 0.29) is 12.6 Å². The van der Waals surface area contributed by atoms with Gasteiger partial charge in [-0.15, -0.1) is 0 Å². The zero-order valence-electron chi connectivity index (χ0n) is 11.8. The molecule has 2 rings (SSSR count). The Labute approximate surface area is 124 Å². The number of fused-ring (bicyclic) bond motifs is 1. The van der Waals surface area contributed by atoms with Gasteiger partial charge in [-0.3, -0.25) is 4.90 Å². The van der Waals surface area contributed by atoms with Crippen LogP contribution in [0.2, 0.25) is 0 Å². The predicted molar refractivity (Wildman–Crippen MR) is 83.8 cm³/mol. The number of aliphatic hydroxyl groups excluding tert-OH is 1. The lowest BCUT2D eigenvalue weighted by atomic mass is 10.1. The lowest BCUT2D eigenvalue weighted by Crippen LogP contribution is -2.39. The quantitative estimate of drug-likeness (QED) is 0.785. The Morgan fingerprint density at radius 1 is 1.55 bits per heavy atom. The maximum atomic E-state index is 9.23. The lowest BCUT2D eigenvalue weighted by Gasteiger charge is -2.29. The Morgan fingerprint density at radius 2 is 2.30 bits per heavy atom. The summed E-state index contributed by atoms with van der Waals surface area (Å²) in [4.78, 5) is 7.01. The Morgan fingerprint density at radius 3 is 2.90 bits per heavy atom. The second-order valence-corrected chi connectivity index (χ2v) is 5.14. The number of aryl methyl sites for hydroxylation is 1. The lowest BCUT2D eigenvalue weighted by molar-refractivity contribution is 0.183. The Kier molecular flexibility index (Phi) is 4.69. The highest BCUT2D eigenvalue weighted by Crippen LogP contribution is 2.25. The molecule has 6 heteroatoms. The van der Waals surface area contributed by atoms with Crippen LogP contribution in [0.1, 0.15) is 24.4 Å². The first kappa shape index (κ1) is 14.9. The van der Waals surface area contributed by atoms with Gasteiger partial charge in [0.05, 0.1) is 23.0 Å². The molecule has 0 bridgehead atoms. The zero-order chi connectivity index (χ0) is 14.7. The third kappa shape index (κ3) is 2.67. The molecule has 0 saturated carbocycles. The van der Waals surface area contributed by atoms with E-state index in [1.165, 1.54) is 0 Å². The summed E-state index contributed by atoms with van der Waals surface area (Å²) in [6.45, 7) is 5.34. The fourth-order valence-corrected chi connectivity index (χ4v) is 2.81. The molecular weight excluding hydrogens is 272 g/mol. The molecule has 0 saturated heterocycles. The van der Waals surface area contributed by atoms with Crippen molar-refractivity contribution in [3.05, 3.63) is 35.8 Å². The van der Waals surface area contributed by atoms with Gasteiger partial charge in [0.2, 0.25) is 0 Å². The standard InChI is InChI=1S/C14H20N4OS/c1-3-17(8-9-19)13(14(15)20)12-10(2)16-11-6-4-5-7-18(11)12/h4-7,13,19H,3,8-9H2,1-2H3,(H2,15,20). The minimum atomic E-state index is -0.223.